The first-order valence-corrected chi connectivity index (χ1v) is 4.82. The van der Waals surface area contributed by atoms with Crippen LogP contribution in [0, 0.1) is 10.1 Å². The molecule has 84 valence electrons. The van der Waals surface area contributed by atoms with Crippen LogP contribution < -0.4 is 4.74 Å². The molecule has 2 rings (SSSR count). The second-order valence-electron chi connectivity index (χ2n) is 3.89. The van der Waals surface area contributed by atoms with Crippen molar-refractivity contribution in [3.8, 4) is 5.75 Å². The number of aliphatic hydroxyl groups is 1. The molecule has 1 aromatic carbocycles. The van der Waals surface area contributed by atoms with Gasteiger partial charge in [0.25, 0.3) is 5.69 Å². The van der Waals surface area contributed by atoms with Crippen LogP contribution in [-0.4, -0.2) is 22.2 Å². The molecule has 1 atom stereocenters. The standard InChI is InChI=1S/C11H11NO4/c1-11(7-13)5-4-8-6-9(12(14)15)2-3-10(8)16-11/h2-6,13H,7H2,1H3. The van der Waals surface area contributed by atoms with Gasteiger partial charge in [0.1, 0.15) is 11.4 Å². The van der Waals surface area contributed by atoms with E-state index >= 15 is 0 Å². The molecule has 0 saturated carbocycles. The van der Waals surface area contributed by atoms with Gasteiger partial charge in [-0.2, -0.15) is 0 Å². The smallest absolute Gasteiger partial charge is 0.270 e. The van der Waals surface area contributed by atoms with Gasteiger partial charge >= 0.3 is 0 Å². The number of fused-ring (bicyclic) bond motifs is 1. The van der Waals surface area contributed by atoms with Gasteiger partial charge in [-0.3, -0.25) is 10.1 Å². The fraction of sp³-hybridized carbons (Fsp3) is 0.273. The normalized spacial score (nSPS) is 22.4. The van der Waals surface area contributed by atoms with Crippen molar-refractivity contribution in [2.24, 2.45) is 0 Å². The summed E-state index contributed by atoms with van der Waals surface area (Å²) in [6.45, 7) is 1.60. The van der Waals surface area contributed by atoms with Crippen molar-refractivity contribution in [2.45, 2.75) is 12.5 Å². The third-order valence-corrected chi connectivity index (χ3v) is 2.48. The largest absolute Gasteiger partial charge is 0.480 e. The molecule has 1 aromatic rings. The first-order chi connectivity index (χ1) is 7.54. The SMILES string of the molecule is CC1(CO)C=Cc2cc([N+](=O)[O-])ccc2O1. The summed E-state index contributed by atoms with van der Waals surface area (Å²) in [6, 6.07) is 4.38. The first kappa shape index (κ1) is 10.6. The number of nitrogens with zero attached hydrogens (tertiary/aromatic N) is 1. The minimum Gasteiger partial charge on any atom is -0.480 e. The van der Waals surface area contributed by atoms with Crippen LogP contribution in [0.3, 0.4) is 0 Å². The number of hydrogen-bond donors (Lipinski definition) is 1. The Morgan fingerprint density at radius 2 is 2.31 bits per heavy atom. The summed E-state index contributed by atoms with van der Waals surface area (Å²) in [5.41, 5.74) is -0.0666. The number of non-ortho nitro benzene ring substituents is 1. The lowest BCUT2D eigenvalue weighted by Gasteiger charge is -2.29. The Hall–Kier alpha value is -1.88. The fourth-order valence-electron chi connectivity index (χ4n) is 1.51. The predicted molar refractivity (Wildman–Crippen MR) is 58.2 cm³/mol. The van der Waals surface area contributed by atoms with Gasteiger partial charge in [0.05, 0.1) is 11.5 Å². The Morgan fingerprint density at radius 1 is 1.56 bits per heavy atom. The van der Waals surface area contributed by atoms with Gasteiger partial charge < -0.3 is 9.84 Å². The van der Waals surface area contributed by atoms with Gasteiger partial charge in [-0.15, -0.1) is 0 Å². The van der Waals surface area contributed by atoms with Gasteiger partial charge in [-0.25, -0.2) is 0 Å². The van der Waals surface area contributed by atoms with E-state index in [0.717, 1.165) is 0 Å². The monoisotopic (exact) mass is 221 g/mol. The second kappa shape index (κ2) is 3.61. The van der Waals surface area contributed by atoms with E-state index in [1.165, 1.54) is 12.1 Å². The minimum absolute atomic E-state index is 0.0274. The maximum absolute atomic E-state index is 10.6. The van der Waals surface area contributed by atoms with E-state index in [2.05, 4.69) is 0 Å². The zero-order chi connectivity index (χ0) is 11.8. The van der Waals surface area contributed by atoms with Crippen LogP contribution in [-0.2, 0) is 0 Å². The Morgan fingerprint density at radius 3 is 2.94 bits per heavy atom. The Labute approximate surface area is 92.1 Å². The quantitative estimate of drug-likeness (QED) is 0.610. The molecule has 1 aliphatic heterocycles. The van der Waals surface area contributed by atoms with Crippen molar-refractivity contribution in [3.63, 3.8) is 0 Å². The molecule has 0 saturated heterocycles. The summed E-state index contributed by atoms with van der Waals surface area (Å²) < 4.78 is 5.54. The molecule has 16 heavy (non-hydrogen) atoms. The van der Waals surface area contributed by atoms with Gasteiger partial charge in [0.2, 0.25) is 0 Å². The molecule has 1 heterocycles. The van der Waals surface area contributed by atoms with E-state index in [1.807, 2.05) is 0 Å². The van der Waals surface area contributed by atoms with Gasteiger partial charge in [-0.1, -0.05) is 6.08 Å². The first-order valence-electron chi connectivity index (χ1n) is 4.82. The molecule has 0 fully saturated rings. The zero-order valence-corrected chi connectivity index (χ0v) is 8.71. The van der Waals surface area contributed by atoms with Crippen LogP contribution in [0.5, 0.6) is 5.75 Å². The number of nitro benzene ring substituents is 1. The number of nitro groups is 1. The van der Waals surface area contributed by atoms with E-state index in [9.17, 15) is 10.1 Å². The lowest BCUT2D eigenvalue weighted by molar-refractivity contribution is -0.384. The molecule has 5 heteroatoms. The molecular weight excluding hydrogens is 210 g/mol. The van der Waals surface area contributed by atoms with Gasteiger partial charge in [0.15, 0.2) is 0 Å². The van der Waals surface area contributed by atoms with E-state index in [4.69, 9.17) is 9.84 Å². The predicted octanol–water partition coefficient (Wildman–Crippen LogP) is 1.75. The van der Waals surface area contributed by atoms with Crippen LogP contribution in [0.25, 0.3) is 6.08 Å². The third kappa shape index (κ3) is 1.77. The van der Waals surface area contributed by atoms with Crippen LogP contribution >= 0.6 is 0 Å². The summed E-state index contributed by atoms with van der Waals surface area (Å²) in [7, 11) is 0. The number of hydrogen-bond acceptors (Lipinski definition) is 4. The molecule has 0 radical (unpaired) electrons. The second-order valence-corrected chi connectivity index (χ2v) is 3.89. The van der Waals surface area contributed by atoms with Crippen LogP contribution in [0.1, 0.15) is 12.5 Å². The Bertz CT molecular complexity index is 469. The Kier molecular flexibility index (Phi) is 2.40. The lowest BCUT2D eigenvalue weighted by atomic mass is 10.0. The van der Waals surface area contributed by atoms with Gasteiger partial charge in [-0.05, 0) is 19.1 Å². The van der Waals surface area contributed by atoms with Gasteiger partial charge in [0, 0.05) is 17.7 Å². The van der Waals surface area contributed by atoms with Crippen molar-refractivity contribution in [3.05, 3.63) is 40.0 Å². The van der Waals surface area contributed by atoms with E-state index in [-0.39, 0.29) is 12.3 Å². The minimum atomic E-state index is -0.747. The number of rotatable bonds is 2. The molecule has 1 unspecified atom stereocenters. The lowest BCUT2D eigenvalue weighted by Crippen LogP contribution is -2.35. The van der Waals surface area contributed by atoms with E-state index in [1.54, 1.807) is 25.1 Å². The Balaban J connectivity index is 2.40. The summed E-state index contributed by atoms with van der Waals surface area (Å²) >= 11 is 0. The van der Waals surface area contributed by atoms with E-state index in [0.29, 0.717) is 11.3 Å². The van der Waals surface area contributed by atoms with Crippen molar-refractivity contribution >= 4 is 11.8 Å². The topological polar surface area (TPSA) is 72.6 Å². The summed E-state index contributed by atoms with van der Waals surface area (Å²) in [4.78, 5) is 10.1. The number of benzene rings is 1. The third-order valence-electron chi connectivity index (χ3n) is 2.48. The molecule has 5 nitrogen and oxygen atoms in total. The van der Waals surface area contributed by atoms with Crippen molar-refractivity contribution in [1.29, 1.82) is 0 Å². The summed E-state index contributed by atoms with van der Waals surface area (Å²) in [5, 5.41) is 19.7. The molecule has 1 N–H and O–H groups in total. The maximum atomic E-state index is 10.6. The summed E-state index contributed by atoms with van der Waals surface area (Å²) in [6.07, 6.45) is 3.42. The zero-order valence-electron chi connectivity index (χ0n) is 8.71. The number of ether oxygens (including phenoxy) is 1. The molecule has 0 aliphatic carbocycles. The average molecular weight is 221 g/mol. The van der Waals surface area contributed by atoms with Crippen molar-refractivity contribution in [1.82, 2.24) is 0 Å². The number of aliphatic hydroxyl groups excluding tert-OH is 1. The average Bonchev–Trinajstić information content (AvgIpc) is 2.28. The van der Waals surface area contributed by atoms with Crippen LogP contribution in [0.15, 0.2) is 24.3 Å². The molecule has 0 amide bonds. The molecule has 0 bridgehead atoms. The van der Waals surface area contributed by atoms with Crippen LogP contribution in [0.4, 0.5) is 5.69 Å². The van der Waals surface area contributed by atoms with Crippen LogP contribution in [0.2, 0.25) is 0 Å². The highest BCUT2D eigenvalue weighted by molar-refractivity contribution is 5.64. The summed E-state index contributed by atoms with van der Waals surface area (Å²) in [5.74, 6) is 0.546. The molecule has 0 spiro atoms. The highest BCUT2D eigenvalue weighted by Crippen LogP contribution is 2.33. The highest BCUT2D eigenvalue weighted by atomic mass is 16.6. The molecule has 1 aliphatic rings. The molecular formula is C11H11NO4. The van der Waals surface area contributed by atoms with Crippen molar-refractivity contribution < 1.29 is 14.8 Å². The van der Waals surface area contributed by atoms with Crippen molar-refractivity contribution in [2.75, 3.05) is 6.61 Å². The molecule has 0 aromatic heterocycles. The highest BCUT2D eigenvalue weighted by Gasteiger charge is 2.27. The maximum Gasteiger partial charge on any atom is 0.270 e. The fourth-order valence-corrected chi connectivity index (χ4v) is 1.51. The van der Waals surface area contributed by atoms with E-state index < -0.39 is 10.5 Å².